The van der Waals surface area contributed by atoms with Crippen molar-refractivity contribution in [1.29, 1.82) is 5.26 Å². The van der Waals surface area contributed by atoms with Gasteiger partial charge in [0.25, 0.3) is 5.91 Å². The van der Waals surface area contributed by atoms with Crippen LogP contribution < -0.4 is 10.6 Å². The Morgan fingerprint density at radius 1 is 1.33 bits per heavy atom. The monoisotopic (exact) mass is 344 g/mol. The molecular weight excluding hydrogens is 328 g/mol. The van der Waals surface area contributed by atoms with Gasteiger partial charge in [0.1, 0.15) is 17.5 Å². The van der Waals surface area contributed by atoms with Gasteiger partial charge in [-0.25, -0.2) is 4.99 Å². The Hall–Kier alpha value is -2.85. The summed E-state index contributed by atoms with van der Waals surface area (Å²) in [7, 11) is 0. The SMILES string of the molecule is CC(C)(C)N=C(NC(=O)c1ccc(Cl)cc1)Nc1[nH]ncc1C#N. The van der Waals surface area contributed by atoms with Gasteiger partial charge in [-0.2, -0.15) is 10.4 Å². The van der Waals surface area contributed by atoms with Crippen LogP contribution in [0.4, 0.5) is 5.82 Å². The van der Waals surface area contributed by atoms with Crippen molar-refractivity contribution in [2.24, 2.45) is 4.99 Å². The minimum absolute atomic E-state index is 0.211. The summed E-state index contributed by atoms with van der Waals surface area (Å²) in [6, 6.07) is 8.49. The topological polar surface area (TPSA) is 106 Å². The van der Waals surface area contributed by atoms with Crippen LogP contribution in [0.25, 0.3) is 0 Å². The van der Waals surface area contributed by atoms with E-state index in [1.54, 1.807) is 24.3 Å². The molecule has 0 spiro atoms. The molecule has 1 aromatic heterocycles. The first-order chi connectivity index (χ1) is 11.3. The number of amides is 1. The fourth-order valence-corrected chi connectivity index (χ4v) is 1.91. The Morgan fingerprint density at radius 2 is 2.00 bits per heavy atom. The first-order valence-corrected chi connectivity index (χ1v) is 7.53. The number of aliphatic imine (C=N–C) groups is 1. The van der Waals surface area contributed by atoms with E-state index in [1.165, 1.54) is 6.20 Å². The molecule has 124 valence electrons. The Kier molecular flexibility index (Phi) is 5.21. The van der Waals surface area contributed by atoms with Crippen LogP contribution >= 0.6 is 11.6 Å². The fourth-order valence-electron chi connectivity index (χ4n) is 1.79. The third kappa shape index (κ3) is 4.83. The number of hydrogen-bond donors (Lipinski definition) is 3. The fraction of sp³-hybridized carbons (Fsp3) is 0.250. The number of nitrogens with zero attached hydrogens (tertiary/aromatic N) is 3. The molecule has 0 atom stereocenters. The highest BCUT2D eigenvalue weighted by Crippen LogP contribution is 2.13. The van der Waals surface area contributed by atoms with Crippen molar-refractivity contribution in [3.05, 3.63) is 46.6 Å². The van der Waals surface area contributed by atoms with Gasteiger partial charge in [-0.15, -0.1) is 0 Å². The van der Waals surface area contributed by atoms with Gasteiger partial charge in [0.2, 0.25) is 5.96 Å². The number of guanidine groups is 1. The van der Waals surface area contributed by atoms with Crippen LogP contribution in [0.5, 0.6) is 0 Å². The first kappa shape index (κ1) is 17.5. The number of aromatic amines is 1. The number of nitrogens with one attached hydrogen (secondary N) is 3. The highest BCUT2D eigenvalue weighted by atomic mass is 35.5. The lowest BCUT2D eigenvalue weighted by atomic mass is 10.1. The minimum atomic E-state index is -0.442. The molecule has 2 aromatic rings. The van der Waals surface area contributed by atoms with E-state index in [1.807, 2.05) is 26.8 Å². The zero-order chi connectivity index (χ0) is 17.7. The van der Waals surface area contributed by atoms with Crippen LogP contribution in [0, 0.1) is 11.3 Å². The second-order valence-electron chi connectivity index (χ2n) is 5.99. The smallest absolute Gasteiger partial charge is 0.257 e. The van der Waals surface area contributed by atoms with E-state index in [4.69, 9.17) is 16.9 Å². The third-order valence-electron chi connectivity index (χ3n) is 2.79. The molecule has 1 amide bonds. The lowest BCUT2D eigenvalue weighted by Gasteiger charge is -2.17. The summed E-state index contributed by atoms with van der Waals surface area (Å²) in [6.07, 6.45) is 1.39. The van der Waals surface area contributed by atoms with Crippen molar-refractivity contribution < 1.29 is 4.79 Å². The van der Waals surface area contributed by atoms with Gasteiger partial charge < -0.3 is 5.32 Å². The number of hydrogen-bond acceptors (Lipinski definition) is 4. The largest absolute Gasteiger partial charge is 0.310 e. The predicted molar refractivity (Wildman–Crippen MR) is 93.0 cm³/mol. The van der Waals surface area contributed by atoms with Crippen LogP contribution in [0.1, 0.15) is 36.7 Å². The number of H-pyrrole nitrogens is 1. The van der Waals surface area contributed by atoms with E-state index >= 15 is 0 Å². The Balaban J connectivity index is 2.24. The molecule has 0 aliphatic carbocycles. The third-order valence-corrected chi connectivity index (χ3v) is 3.04. The van der Waals surface area contributed by atoms with Crippen molar-refractivity contribution in [3.8, 4) is 6.07 Å². The van der Waals surface area contributed by atoms with Crippen molar-refractivity contribution >= 4 is 29.3 Å². The molecule has 3 N–H and O–H groups in total. The zero-order valence-corrected chi connectivity index (χ0v) is 14.3. The van der Waals surface area contributed by atoms with Crippen molar-refractivity contribution in [2.75, 3.05) is 5.32 Å². The molecule has 24 heavy (non-hydrogen) atoms. The normalized spacial score (nSPS) is 11.7. The van der Waals surface area contributed by atoms with Gasteiger partial charge in [-0.3, -0.25) is 15.2 Å². The summed E-state index contributed by atoms with van der Waals surface area (Å²) in [5, 5.41) is 21.6. The van der Waals surface area contributed by atoms with Gasteiger partial charge in [0.05, 0.1) is 11.7 Å². The molecule has 0 saturated carbocycles. The predicted octanol–water partition coefficient (Wildman–Crippen LogP) is 2.93. The summed E-state index contributed by atoms with van der Waals surface area (Å²) in [4.78, 5) is 16.8. The quantitative estimate of drug-likeness (QED) is 0.575. The van der Waals surface area contributed by atoms with Gasteiger partial charge in [-0.05, 0) is 45.0 Å². The van der Waals surface area contributed by atoms with Crippen LogP contribution in [0.3, 0.4) is 0 Å². The van der Waals surface area contributed by atoms with Crippen LogP contribution in [0.15, 0.2) is 35.5 Å². The van der Waals surface area contributed by atoms with E-state index in [9.17, 15) is 4.79 Å². The minimum Gasteiger partial charge on any atom is -0.310 e. The molecule has 1 heterocycles. The molecule has 1 aromatic carbocycles. The van der Waals surface area contributed by atoms with Crippen molar-refractivity contribution in [2.45, 2.75) is 26.3 Å². The average molecular weight is 345 g/mol. The number of carbonyl (C=O) groups excluding carboxylic acids is 1. The van der Waals surface area contributed by atoms with E-state index < -0.39 is 5.54 Å². The highest BCUT2D eigenvalue weighted by molar-refractivity contribution is 6.30. The second-order valence-corrected chi connectivity index (χ2v) is 6.42. The number of aromatic nitrogens is 2. The number of rotatable bonds is 2. The summed E-state index contributed by atoms with van der Waals surface area (Å²) < 4.78 is 0. The Labute approximate surface area is 144 Å². The number of anilines is 1. The molecule has 0 radical (unpaired) electrons. The molecular formula is C16H17ClN6O. The van der Waals surface area contributed by atoms with Crippen molar-refractivity contribution in [1.82, 2.24) is 15.5 Å². The molecule has 7 nitrogen and oxygen atoms in total. The molecule has 8 heteroatoms. The lowest BCUT2D eigenvalue weighted by Crippen LogP contribution is -2.38. The molecule has 0 fully saturated rings. The van der Waals surface area contributed by atoms with Crippen LogP contribution in [-0.4, -0.2) is 27.6 Å². The van der Waals surface area contributed by atoms with Gasteiger partial charge >= 0.3 is 0 Å². The summed E-state index contributed by atoms with van der Waals surface area (Å²) in [5.74, 6) is 0.222. The molecule has 2 rings (SSSR count). The maximum Gasteiger partial charge on any atom is 0.257 e. The standard InChI is InChI=1S/C16H17ClN6O/c1-16(2,3)22-15(20-13-11(8-18)9-19-23-13)21-14(24)10-4-6-12(17)7-5-10/h4-7,9H,1-3H3,(H3,19,20,21,22,23,24). The number of halogens is 1. The van der Waals surface area contributed by atoms with Crippen LogP contribution in [-0.2, 0) is 0 Å². The van der Waals surface area contributed by atoms with E-state index in [0.29, 0.717) is 22.0 Å². The molecule has 0 aliphatic heterocycles. The van der Waals surface area contributed by atoms with E-state index in [2.05, 4.69) is 25.8 Å². The number of nitriles is 1. The van der Waals surface area contributed by atoms with E-state index in [0.717, 1.165) is 0 Å². The maximum atomic E-state index is 12.4. The number of benzene rings is 1. The zero-order valence-electron chi connectivity index (χ0n) is 13.5. The van der Waals surface area contributed by atoms with Crippen LogP contribution in [0.2, 0.25) is 5.02 Å². The first-order valence-electron chi connectivity index (χ1n) is 7.16. The van der Waals surface area contributed by atoms with Crippen molar-refractivity contribution in [3.63, 3.8) is 0 Å². The number of carbonyl (C=O) groups is 1. The lowest BCUT2D eigenvalue weighted by molar-refractivity contribution is 0.0977. The summed E-state index contributed by atoms with van der Waals surface area (Å²) in [5.41, 5.74) is 0.313. The van der Waals surface area contributed by atoms with Gasteiger partial charge in [-0.1, -0.05) is 11.6 Å². The molecule has 0 aliphatic rings. The summed E-state index contributed by atoms with van der Waals surface area (Å²) in [6.45, 7) is 5.67. The molecule has 0 saturated heterocycles. The highest BCUT2D eigenvalue weighted by Gasteiger charge is 2.16. The van der Waals surface area contributed by atoms with E-state index in [-0.39, 0.29) is 11.9 Å². The maximum absolute atomic E-state index is 12.4. The Bertz CT molecular complexity index is 795. The Morgan fingerprint density at radius 3 is 2.58 bits per heavy atom. The molecule has 0 unspecified atom stereocenters. The van der Waals surface area contributed by atoms with Gasteiger partial charge in [0, 0.05) is 10.6 Å². The molecule has 0 bridgehead atoms. The van der Waals surface area contributed by atoms with Gasteiger partial charge in [0.15, 0.2) is 0 Å². The summed E-state index contributed by atoms with van der Waals surface area (Å²) >= 11 is 5.83. The second kappa shape index (κ2) is 7.15. The average Bonchev–Trinajstić information content (AvgIpc) is 2.93.